The Labute approximate surface area is 154 Å². The average molecular weight is 368 g/mol. The van der Waals surface area contributed by atoms with E-state index in [1.807, 2.05) is 36.6 Å². The van der Waals surface area contributed by atoms with Gasteiger partial charge in [0.2, 0.25) is 6.79 Å². The minimum Gasteiger partial charge on any atom is -0.484 e. The number of ether oxygens (including phenoxy) is 3. The van der Waals surface area contributed by atoms with Crippen molar-refractivity contribution in [3.8, 4) is 27.8 Å². The molecular weight excluding hydrogens is 352 g/mol. The number of benzene rings is 2. The third kappa shape index (κ3) is 3.62. The molecule has 132 valence electrons. The molecule has 6 nitrogen and oxygen atoms in total. The summed E-state index contributed by atoms with van der Waals surface area (Å²) >= 11 is 1.60. The van der Waals surface area contributed by atoms with Crippen molar-refractivity contribution in [2.75, 3.05) is 18.7 Å². The van der Waals surface area contributed by atoms with Gasteiger partial charge in [0.1, 0.15) is 10.8 Å². The van der Waals surface area contributed by atoms with E-state index in [0.29, 0.717) is 22.9 Å². The molecule has 0 radical (unpaired) electrons. The zero-order valence-electron chi connectivity index (χ0n) is 14.0. The maximum atomic E-state index is 12.1. The van der Waals surface area contributed by atoms with E-state index in [-0.39, 0.29) is 19.3 Å². The second-order valence-corrected chi connectivity index (χ2v) is 6.58. The zero-order chi connectivity index (χ0) is 17.9. The number of anilines is 1. The molecule has 0 aliphatic carbocycles. The fraction of sp³-hybridized carbons (Fsp3) is 0.158. The summed E-state index contributed by atoms with van der Waals surface area (Å²) in [6.45, 7) is 2.09. The Morgan fingerprint density at radius 1 is 1.19 bits per heavy atom. The Balaban J connectivity index is 1.33. The molecule has 2 heterocycles. The third-order valence-corrected chi connectivity index (χ3v) is 4.76. The van der Waals surface area contributed by atoms with Gasteiger partial charge in [-0.3, -0.25) is 4.79 Å². The molecule has 1 aliphatic heterocycles. The second kappa shape index (κ2) is 7.05. The van der Waals surface area contributed by atoms with Crippen molar-refractivity contribution >= 4 is 22.9 Å². The third-order valence-electron chi connectivity index (χ3n) is 3.75. The van der Waals surface area contributed by atoms with Gasteiger partial charge in [0.15, 0.2) is 18.1 Å². The summed E-state index contributed by atoms with van der Waals surface area (Å²) < 4.78 is 16.1. The van der Waals surface area contributed by atoms with Crippen LogP contribution in [0, 0.1) is 6.92 Å². The van der Waals surface area contributed by atoms with Gasteiger partial charge in [-0.2, -0.15) is 0 Å². The molecule has 0 saturated heterocycles. The summed E-state index contributed by atoms with van der Waals surface area (Å²) in [4.78, 5) is 16.5. The monoisotopic (exact) mass is 368 g/mol. The maximum absolute atomic E-state index is 12.1. The smallest absolute Gasteiger partial charge is 0.262 e. The lowest BCUT2D eigenvalue weighted by molar-refractivity contribution is -0.118. The van der Waals surface area contributed by atoms with E-state index in [2.05, 4.69) is 10.3 Å². The first-order valence-electron chi connectivity index (χ1n) is 8.02. The van der Waals surface area contributed by atoms with E-state index in [1.54, 1.807) is 29.5 Å². The fourth-order valence-electron chi connectivity index (χ4n) is 2.50. The lowest BCUT2D eigenvalue weighted by Gasteiger charge is -2.08. The molecule has 1 aromatic heterocycles. The predicted octanol–water partition coefficient (Wildman–Crippen LogP) is 3.86. The quantitative estimate of drug-likeness (QED) is 0.740. The first kappa shape index (κ1) is 16.4. The van der Waals surface area contributed by atoms with Crippen molar-refractivity contribution in [1.82, 2.24) is 4.98 Å². The molecule has 1 N–H and O–H groups in total. The van der Waals surface area contributed by atoms with Crippen LogP contribution >= 0.6 is 11.3 Å². The Hall–Kier alpha value is -3.06. The molecular formula is C19H16N2O4S. The number of aryl methyl sites for hydroxylation is 1. The molecule has 0 spiro atoms. The molecule has 1 aliphatic rings. The van der Waals surface area contributed by atoms with Crippen LogP contribution in [-0.4, -0.2) is 24.3 Å². The van der Waals surface area contributed by atoms with Crippen LogP contribution in [0.4, 0.5) is 5.69 Å². The number of carbonyl (C=O) groups is 1. The van der Waals surface area contributed by atoms with Gasteiger partial charge in [-0.05, 0) is 43.3 Å². The predicted molar refractivity (Wildman–Crippen MR) is 99.0 cm³/mol. The van der Waals surface area contributed by atoms with Crippen LogP contribution in [0.3, 0.4) is 0 Å². The lowest BCUT2D eigenvalue weighted by Crippen LogP contribution is -2.20. The molecule has 26 heavy (non-hydrogen) atoms. The van der Waals surface area contributed by atoms with Gasteiger partial charge < -0.3 is 19.5 Å². The number of rotatable bonds is 5. The van der Waals surface area contributed by atoms with E-state index in [1.165, 1.54) is 0 Å². The van der Waals surface area contributed by atoms with Crippen molar-refractivity contribution in [3.05, 3.63) is 53.5 Å². The molecule has 0 saturated carbocycles. The van der Waals surface area contributed by atoms with Gasteiger partial charge in [-0.15, -0.1) is 11.3 Å². The highest BCUT2D eigenvalue weighted by molar-refractivity contribution is 7.13. The number of hydrogen-bond donors (Lipinski definition) is 1. The molecule has 7 heteroatoms. The molecule has 0 unspecified atom stereocenters. The van der Waals surface area contributed by atoms with Crippen LogP contribution in [-0.2, 0) is 4.79 Å². The molecule has 0 atom stereocenters. The number of hydrogen-bond acceptors (Lipinski definition) is 6. The summed E-state index contributed by atoms with van der Waals surface area (Å²) in [5, 5.41) is 5.76. The number of aromatic nitrogens is 1. The Morgan fingerprint density at radius 2 is 2.00 bits per heavy atom. The van der Waals surface area contributed by atoms with Crippen LogP contribution in [0.15, 0.2) is 47.8 Å². The highest BCUT2D eigenvalue weighted by Gasteiger charge is 2.14. The largest absolute Gasteiger partial charge is 0.484 e. The molecule has 0 bridgehead atoms. The van der Waals surface area contributed by atoms with Crippen LogP contribution < -0.4 is 19.5 Å². The van der Waals surface area contributed by atoms with E-state index in [9.17, 15) is 4.79 Å². The van der Waals surface area contributed by atoms with Gasteiger partial charge >= 0.3 is 0 Å². The van der Waals surface area contributed by atoms with Gasteiger partial charge in [-0.1, -0.05) is 0 Å². The number of thiazole rings is 1. The van der Waals surface area contributed by atoms with Crippen molar-refractivity contribution in [2.24, 2.45) is 0 Å². The van der Waals surface area contributed by atoms with E-state index in [0.717, 1.165) is 16.3 Å². The molecule has 1 amide bonds. The Morgan fingerprint density at radius 3 is 2.77 bits per heavy atom. The second-order valence-electron chi connectivity index (χ2n) is 5.72. The number of nitrogens with one attached hydrogen (secondary N) is 1. The molecule has 4 rings (SSSR count). The van der Waals surface area contributed by atoms with Gasteiger partial charge in [-0.25, -0.2) is 4.98 Å². The number of carbonyl (C=O) groups excluding carboxylic acids is 1. The van der Waals surface area contributed by atoms with Crippen LogP contribution in [0.25, 0.3) is 10.6 Å². The summed E-state index contributed by atoms with van der Waals surface area (Å²) in [7, 11) is 0. The summed E-state index contributed by atoms with van der Waals surface area (Å²) in [6, 6.07) is 12.8. The van der Waals surface area contributed by atoms with Crippen molar-refractivity contribution in [1.29, 1.82) is 0 Å². The first-order chi connectivity index (χ1) is 12.7. The maximum Gasteiger partial charge on any atom is 0.262 e. The SMILES string of the molecule is Cc1csc(-c2ccc(OCC(=O)Nc3ccc4c(c3)OCO4)cc2)n1. The number of amides is 1. The van der Waals surface area contributed by atoms with Crippen LogP contribution in [0.5, 0.6) is 17.2 Å². The Bertz CT molecular complexity index is 937. The molecule has 2 aromatic carbocycles. The van der Waals surface area contributed by atoms with Gasteiger partial charge in [0.25, 0.3) is 5.91 Å². The van der Waals surface area contributed by atoms with Gasteiger partial charge in [0.05, 0.1) is 0 Å². The molecule has 0 fully saturated rings. The van der Waals surface area contributed by atoms with E-state index in [4.69, 9.17) is 14.2 Å². The van der Waals surface area contributed by atoms with Crippen molar-refractivity contribution < 1.29 is 19.0 Å². The zero-order valence-corrected chi connectivity index (χ0v) is 14.8. The standard InChI is InChI=1S/C19H16N2O4S/c1-12-10-26-19(20-12)13-2-5-15(6-3-13)23-9-18(22)21-14-4-7-16-17(8-14)25-11-24-16/h2-8,10H,9,11H2,1H3,(H,21,22). The minimum atomic E-state index is -0.247. The van der Waals surface area contributed by atoms with Crippen molar-refractivity contribution in [2.45, 2.75) is 6.92 Å². The first-order valence-corrected chi connectivity index (χ1v) is 8.90. The lowest BCUT2D eigenvalue weighted by atomic mass is 10.2. The van der Waals surface area contributed by atoms with E-state index >= 15 is 0 Å². The highest BCUT2D eigenvalue weighted by Crippen LogP contribution is 2.34. The summed E-state index contributed by atoms with van der Waals surface area (Å²) in [6.07, 6.45) is 0. The van der Waals surface area contributed by atoms with Crippen molar-refractivity contribution in [3.63, 3.8) is 0 Å². The fourth-order valence-corrected chi connectivity index (χ4v) is 3.30. The minimum absolute atomic E-state index is 0.0792. The van der Waals surface area contributed by atoms with Gasteiger partial charge in [0, 0.05) is 28.4 Å². The summed E-state index contributed by atoms with van der Waals surface area (Å²) in [5.74, 6) is 1.68. The highest BCUT2D eigenvalue weighted by atomic mass is 32.1. The van der Waals surface area contributed by atoms with Crippen LogP contribution in [0.1, 0.15) is 5.69 Å². The average Bonchev–Trinajstić information content (AvgIpc) is 3.29. The number of fused-ring (bicyclic) bond motifs is 1. The summed E-state index contributed by atoms with van der Waals surface area (Å²) in [5.41, 5.74) is 2.67. The van der Waals surface area contributed by atoms with E-state index < -0.39 is 0 Å². The molecule has 3 aromatic rings. The topological polar surface area (TPSA) is 69.7 Å². The number of nitrogens with zero attached hydrogens (tertiary/aromatic N) is 1. The van der Waals surface area contributed by atoms with Crippen LogP contribution in [0.2, 0.25) is 0 Å². The normalized spacial score (nSPS) is 12.0. The Kier molecular flexibility index (Phi) is 4.45.